The smallest absolute Gasteiger partial charge is 0.0688 e. The van der Waals surface area contributed by atoms with Crippen LogP contribution in [0, 0.1) is 22.7 Å². The van der Waals surface area contributed by atoms with E-state index in [-0.39, 0.29) is 12.2 Å². The van der Waals surface area contributed by atoms with Crippen LogP contribution in [-0.2, 0) is 4.74 Å². The number of hydrogen-bond acceptors (Lipinski definition) is 2. The van der Waals surface area contributed by atoms with E-state index in [1.807, 2.05) is 36.4 Å². The third-order valence-electron chi connectivity index (χ3n) is 7.79. The molecule has 0 aromatic heterocycles. The molecule has 3 fully saturated rings. The Morgan fingerprint density at radius 1 is 1.00 bits per heavy atom. The highest BCUT2D eigenvalue weighted by Crippen LogP contribution is 2.64. The molecule has 0 radical (unpaired) electrons. The average molecular weight is 371 g/mol. The first-order valence-corrected chi connectivity index (χ1v) is 10.8. The van der Waals surface area contributed by atoms with Gasteiger partial charge in [-0.15, -0.1) is 0 Å². The molecule has 2 nitrogen and oxygen atoms in total. The van der Waals surface area contributed by atoms with Crippen molar-refractivity contribution in [1.82, 2.24) is 0 Å². The highest BCUT2D eigenvalue weighted by molar-refractivity contribution is 5.48. The van der Waals surface area contributed by atoms with Crippen molar-refractivity contribution in [3.63, 3.8) is 0 Å². The third-order valence-corrected chi connectivity index (χ3v) is 7.79. The van der Waals surface area contributed by atoms with Gasteiger partial charge in [-0.1, -0.05) is 69.7 Å². The molecule has 1 aliphatic heterocycles. The van der Waals surface area contributed by atoms with Gasteiger partial charge in [-0.25, -0.2) is 0 Å². The van der Waals surface area contributed by atoms with Crippen LogP contribution < -0.4 is 0 Å². The van der Waals surface area contributed by atoms with Crippen LogP contribution in [0.1, 0.15) is 71.8 Å². The van der Waals surface area contributed by atoms with Gasteiger partial charge in [-0.3, -0.25) is 0 Å². The number of hydrogen-bond donors (Lipinski definition) is 1. The molecule has 0 amide bonds. The summed E-state index contributed by atoms with van der Waals surface area (Å²) in [4.78, 5) is 0. The minimum Gasteiger partial charge on any atom is -0.392 e. The van der Waals surface area contributed by atoms with Crippen molar-refractivity contribution in [3.05, 3.63) is 42.0 Å². The highest BCUT2D eigenvalue weighted by Gasteiger charge is 2.60. The van der Waals surface area contributed by atoms with Gasteiger partial charge >= 0.3 is 0 Å². The molecule has 4 unspecified atom stereocenters. The molecular weight excluding hydrogens is 332 g/mol. The molecule has 4 rings (SSSR count). The molecule has 1 aromatic carbocycles. The Kier molecular flexibility index (Phi) is 6.17. The Hall–Kier alpha value is -1.12. The second kappa shape index (κ2) is 8.09. The van der Waals surface area contributed by atoms with Crippen LogP contribution in [0.25, 0.3) is 6.08 Å². The lowest BCUT2D eigenvalue weighted by atomic mass is 9.46. The molecular formula is C25H38O2. The zero-order valence-electron chi connectivity index (χ0n) is 17.7. The summed E-state index contributed by atoms with van der Waals surface area (Å²) in [6.07, 6.45) is 11.9. The van der Waals surface area contributed by atoms with Crippen LogP contribution in [0.15, 0.2) is 36.4 Å². The fraction of sp³-hybridized carbons (Fsp3) is 0.680. The van der Waals surface area contributed by atoms with E-state index in [0.717, 1.165) is 24.0 Å². The van der Waals surface area contributed by atoms with Crippen LogP contribution in [0.3, 0.4) is 0 Å². The van der Waals surface area contributed by atoms with Gasteiger partial charge in [0.05, 0.1) is 12.2 Å². The molecule has 0 bridgehead atoms. The van der Waals surface area contributed by atoms with E-state index in [0.29, 0.717) is 10.8 Å². The minimum atomic E-state index is 0.106. The molecule has 1 N–H and O–H groups in total. The second-order valence-corrected chi connectivity index (χ2v) is 9.94. The molecule has 1 heterocycles. The van der Waals surface area contributed by atoms with Gasteiger partial charge in [0, 0.05) is 6.61 Å². The normalized spacial score (nSPS) is 37.2. The maximum absolute atomic E-state index is 8.44. The van der Waals surface area contributed by atoms with Crippen LogP contribution >= 0.6 is 0 Å². The summed E-state index contributed by atoms with van der Waals surface area (Å²) in [5, 5.41) is 8.44. The summed E-state index contributed by atoms with van der Waals surface area (Å²) in [6.45, 7) is 11.1. The maximum Gasteiger partial charge on any atom is 0.0688 e. The van der Waals surface area contributed by atoms with Gasteiger partial charge < -0.3 is 9.84 Å². The zero-order chi connectivity index (χ0) is 19.5. The maximum atomic E-state index is 8.44. The molecule has 2 heteroatoms. The fourth-order valence-corrected chi connectivity index (χ4v) is 6.58. The Morgan fingerprint density at radius 3 is 2.44 bits per heavy atom. The van der Waals surface area contributed by atoms with E-state index >= 15 is 0 Å². The first kappa shape index (κ1) is 20.6. The summed E-state index contributed by atoms with van der Waals surface area (Å²) >= 11 is 0. The summed E-state index contributed by atoms with van der Waals surface area (Å²) in [6, 6.07) is 9.89. The lowest BCUT2D eigenvalue weighted by Gasteiger charge is -2.60. The number of fused-ring (bicyclic) bond motifs is 3. The van der Waals surface area contributed by atoms with Crippen LogP contribution in [0.4, 0.5) is 0 Å². The van der Waals surface area contributed by atoms with Crippen molar-refractivity contribution in [1.29, 1.82) is 0 Å². The number of aliphatic hydroxyl groups excluding tert-OH is 1. The molecule has 2 saturated carbocycles. The van der Waals surface area contributed by atoms with Gasteiger partial charge in [0.2, 0.25) is 0 Å². The Labute approximate surface area is 166 Å². The van der Waals surface area contributed by atoms with Crippen molar-refractivity contribution in [2.45, 2.75) is 71.8 Å². The zero-order valence-corrected chi connectivity index (χ0v) is 17.7. The van der Waals surface area contributed by atoms with Gasteiger partial charge in [-0.05, 0) is 67.3 Å². The van der Waals surface area contributed by atoms with E-state index in [9.17, 15) is 0 Å². The van der Waals surface area contributed by atoms with Crippen LogP contribution in [0.2, 0.25) is 0 Å². The Morgan fingerprint density at radius 2 is 1.74 bits per heavy atom. The second-order valence-electron chi connectivity index (χ2n) is 9.94. The number of benzene rings is 1. The summed E-state index contributed by atoms with van der Waals surface area (Å²) in [5.74, 6) is 1.73. The van der Waals surface area contributed by atoms with Gasteiger partial charge in [0.1, 0.15) is 0 Å². The van der Waals surface area contributed by atoms with Crippen molar-refractivity contribution < 1.29 is 9.84 Å². The predicted octanol–water partition coefficient (Wildman–Crippen LogP) is 6.10. The lowest BCUT2D eigenvalue weighted by molar-refractivity contribution is -0.147. The van der Waals surface area contributed by atoms with E-state index < -0.39 is 0 Å². The number of aliphatic hydroxyl groups is 1. The number of rotatable bonds is 2. The fourth-order valence-electron chi connectivity index (χ4n) is 6.58. The van der Waals surface area contributed by atoms with Crippen molar-refractivity contribution in [3.8, 4) is 0 Å². The Balaban J connectivity index is 0.000000180. The van der Waals surface area contributed by atoms with Gasteiger partial charge in [0.15, 0.2) is 0 Å². The number of ether oxygens (including phenoxy) is 1. The summed E-state index contributed by atoms with van der Waals surface area (Å²) < 4.78 is 6.13. The Bertz CT molecular complexity index is 631. The molecule has 1 aromatic rings. The largest absolute Gasteiger partial charge is 0.392 e. The molecule has 0 spiro atoms. The SMILES string of the molecule is CC1(C)CCCC2(C)C1CCC1(C)OCCC12.OC/C=C/c1ccccc1. The standard InChI is InChI=1S/C16H28O.C9H10O/c1-14(2)8-5-9-15(3)12(14)6-10-16(4)13(15)7-11-17-16;10-8-4-7-9-5-2-1-3-6-9/h12-13H,5-11H2,1-4H3;1-7,10H,8H2/b;7-4+. The van der Waals surface area contributed by atoms with E-state index in [1.54, 1.807) is 6.08 Å². The first-order valence-electron chi connectivity index (χ1n) is 10.8. The monoisotopic (exact) mass is 370 g/mol. The molecule has 1 saturated heterocycles. The van der Waals surface area contributed by atoms with E-state index in [1.165, 1.54) is 38.5 Å². The van der Waals surface area contributed by atoms with Crippen LogP contribution in [0.5, 0.6) is 0 Å². The lowest BCUT2D eigenvalue weighted by Crippen LogP contribution is -2.55. The quantitative estimate of drug-likeness (QED) is 0.681. The molecule has 3 aliphatic rings. The van der Waals surface area contributed by atoms with E-state index in [2.05, 4.69) is 27.7 Å². The van der Waals surface area contributed by atoms with Crippen molar-refractivity contribution >= 4 is 6.08 Å². The molecule has 27 heavy (non-hydrogen) atoms. The van der Waals surface area contributed by atoms with E-state index in [4.69, 9.17) is 9.84 Å². The van der Waals surface area contributed by atoms with Gasteiger partial charge in [-0.2, -0.15) is 0 Å². The van der Waals surface area contributed by atoms with Gasteiger partial charge in [0.25, 0.3) is 0 Å². The topological polar surface area (TPSA) is 29.5 Å². The first-order chi connectivity index (χ1) is 12.8. The minimum absolute atomic E-state index is 0.106. The third kappa shape index (κ3) is 4.17. The average Bonchev–Trinajstić information content (AvgIpc) is 3.04. The summed E-state index contributed by atoms with van der Waals surface area (Å²) in [7, 11) is 0. The van der Waals surface area contributed by atoms with Crippen LogP contribution in [-0.4, -0.2) is 23.9 Å². The molecule has 2 aliphatic carbocycles. The molecule has 4 atom stereocenters. The molecule has 150 valence electrons. The summed E-state index contributed by atoms with van der Waals surface area (Å²) in [5.41, 5.74) is 2.43. The highest BCUT2D eigenvalue weighted by atomic mass is 16.5. The predicted molar refractivity (Wildman–Crippen MR) is 113 cm³/mol. The van der Waals surface area contributed by atoms with Crippen molar-refractivity contribution in [2.24, 2.45) is 22.7 Å². The van der Waals surface area contributed by atoms with Crippen molar-refractivity contribution in [2.75, 3.05) is 13.2 Å².